The Balaban J connectivity index is 2.57. The summed E-state index contributed by atoms with van der Waals surface area (Å²) in [5.41, 5.74) is 3.24. The Morgan fingerprint density at radius 2 is 1.68 bits per heavy atom. The number of hydrogen-bond acceptors (Lipinski definition) is 1. The van der Waals surface area contributed by atoms with Crippen molar-refractivity contribution in [1.82, 2.24) is 9.78 Å². The molecule has 4 heteroatoms. The van der Waals surface area contributed by atoms with Crippen LogP contribution in [-0.4, -0.2) is 9.78 Å². The van der Waals surface area contributed by atoms with Crippen LogP contribution in [0.1, 0.15) is 38.6 Å². The summed E-state index contributed by atoms with van der Waals surface area (Å²) in [5, 5.41) is 4.05. The Morgan fingerprint density at radius 1 is 1.11 bits per heavy atom. The van der Waals surface area contributed by atoms with E-state index in [-0.39, 0.29) is 5.41 Å². The summed E-state index contributed by atoms with van der Waals surface area (Å²) in [4.78, 5) is 0. The van der Waals surface area contributed by atoms with Gasteiger partial charge in [0.1, 0.15) is 0 Å². The zero-order valence-electron chi connectivity index (χ0n) is 11.6. The Bertz CT molecular complexity index is 563. The molecular formula is C15H18F2N2. The van der Waals surface area contributed by atoms with Gasteiger partial charge in [0, 0.05) is 17.2 Å². The van der Waals surface area contributed by atoms with Gasteiger partial charge in [0.05, 0.1) is 5.69 Å². The quantitative estimate of drug-likeness (QED) is 0.778. The van der Waals surface area contributed by atoms with Gasteiger partial charge < -0.3 is 0 Å². The molecule has 1 aromatic carbocycles. The molecule has 0 fully saturated rings. The topological polar surface area (TPSA) is 17.8 Å². The normalized spacial score (nSPS) is 12.2. The molecule has 102 valence electrons. The fraction of sp³-hybridized carbons (Fsp3) is 0.400. The van der Waals surface area contributed by atoms with Gasteiger partial charge in [-0.3, -0.25) is 0 Å². The monoisotopic (exact) mass is 264 g/mol. The molecule has 0 amide bonds. The van der Waals surface area contributed by atoms with E-state index in [1.807, 2.05) is 52.0 Å². The first-order chi connectivity index (χ1) is 8.79. The van der Waals surface area contributed by atoms with Crippen molar-refractivity contribution in [3.8, 4) is 11.1 Å². The fourth-order valence-electron chi connectivity index (χ4n) is 1.99. The standard InChI is InChI=1S/C15H18F2N2/c1-10-5-7-11(8-6-10)12-9-19(14(16)17)18-13(12)15(2,3)4/h5-9,14H,1-4H3. The van der Waals surface area contributed by atoms with Crippen molar-refractivity contribution in [2.24, 2.45) is 0 Å². The van der Waals surface area contributed by atoms with Crippen LogP contribution in [-0.2, 0) is 5.41 Å². The number of benzene rings is 1. The van der Waals surface area contributed by atoms with E-state index >= 15 is 0 Å². The molecule has 0 bridgehead atoms. The smallest absolute Gasteiger partial charge is 0.211 e. The minimum absolute atomic E-state index is 0.277. The molecule has 0 radical (unpaired) electrons. The van der Waals surface area contributed by atoms with Crippen molar-refractivity contribution in [3.63, 3.8) is 0 Å². The molecule has 0 atom stereocenters. The van der Waals surface area contributed by atoms with Crippen LogP contribution in [0.15, 0.2) is 30.5 Å². The van der Waals surface area contributed by atoms with E-state index in [1.165, 1.54) is 6.20 Å². The first kappa shape index (κ1) is 13.7. The van der Waals surface area contributed by atoms with E-state index in [9.17, 15) is 8.78 Å². The molecular weight excluding hydrogens is 246 g/mol. The third-order valence-corrected chi connectivity index (χ3v) is 3.00. The summed E-state index contributed by atoms with van der Waals surface area (Å²) >= 11 is 0. The second-order valence-corrected chi connectivity index (χ2v) is 5.77. The predicted molar refractivity (Wildman–Crippen MR) is 72.4 cm³/mol. The molecule has 2 rings (SSSR count). The average Bonchev–Trinajstić information content (AvgIpc) is 2.74. The van der Waals surface area contributed by atoms with Gasteiger partial charge in [0.15, 0.2) is 0 Å². The summed E-state index contributed by atoms with van der Waals surface area (Å²) in [6, 6.07) is 7.83. The van der Waals surface area contributed by atoms with Crippen LogP contribution in [0.5, 0.6) is 0 Å². The number of halogens is 2. The van der Waals surface area contributed by atoms with Crippen LogP contribution in [0.4, 0.5) is 8.78 Å². The number of aryl methyl sites for hydroxylation is 1. The molecule has 0 saturated carbocycles. The molecule has 0 unspecified atom stereocenters. The van der Waals surface area contributed by atoms with Gasteiger partial charge in [-0.1, -0.05) is 50.6 Å². The van der Waals surface area contributed by atoms with Crippen LogP contribution in [0, 0.1) is 6.92 Å². The molecule has 2 nitrogen and oxygen atoms in total. The number of rotatable bonds is 2. The molecule has 0 saturated heterocycles. The summed E-state index contributed by atoms with van der Waals surface area (Å²) in [6.07, 6.45) is 1.43. The highest BCUT2D eigenvalue weighted by molar-refractivity contribution is 5.66. The van der Waals surface area contributed by atoms with E-state index in [0.717, 1.165) is 21.4 Å². The van der Waals surface area contributed by atoms with Crippen molar-refractivity contribution in [2.45, 2.75) is 39.7 Å². The maximum absolute atomic E-state index is 12.8. The number of nitrogens with zero attached hydrogens (tertiary/aromatic N) is 2. The molecule has 0 N–H and O–H groups in total. The van der Waals surface area contributed by atoms with Crippen molar-refractivity contribution in [2.75, 3.05) is 0 Å². The Kier molecular flexibility index (Phi) is 3.43. The van der Waals surface area contributed by atoms with Gasteiger partial charge >= 0.3 is 6.55 Å². The molecule has 0 aliphatic heterocycles. The predicted octanol–water partition coefficient (Wildman–Crippen LogP) is 4.55. The highest BCUT2D eigenvalue weighted by atomic mass is 19.3. The molecule has 1 heterocycles. The van der Waals surface area contributed by atoms with Gasteiger partial charge in [-0.2, -0.15) is 13.9 Å². The molecule has 19 heavy (non-hydrogen) atoms. The van der Waals surface area contributed by atoms with E-state index < -0.39 is 6.55 Å². The Labute approximate surface area is 112 Å². The molecule has 1 aromatic heterocycles. The lowest BCUT2D eigenvalue weighted by molar-refractivity contribution is 0.0558. The van der Waals surface area contributed by atoms with Crippen molar-refractivity contribution in [1.29, 1.82) is 0 Å². The van der Waals surface area contributed by atoms with Crippen LogP contribution in [0.25, 0.3) is 11.1 Å². The number of hydrogen-bond donors (Lipinski definition) is 0. The van der Waals surface area contributed by atoms with Gasteiger partial charge in [0.2, 0.25) is 0 Å². The second kappa shape index (κ2) is 4.76. The maximum atomic E-state index is 12.8. The van der Waals surface area contributed by atoms with Crippen LogP contribution in [0.2, 0.25) is 0 Å². The lowest BCUT2D eigenvalue weighted by Crippen LogP contribution is -2.14. The first-order valence-electron chi connectivity index (χ1n) is 6.24. The van der Waals surface area contributed by atoms with Crippen molar-refractivity contribution < 1.29 is 8.78 Å². The first-order valence-corrected chi connectivity index (χ1v) is 6.24. The molecule has 0 aliphatic rings. The van der Waals surface area contributed by atoms with Gasteiger partial charge in [-0.05, 0) is 12.5 Å². The maximum Gasteiger partial charge on any atom is 0.333 e. The third-order valence-electron chi connectivity index (χ3n) is 3.00. The fourth-order valence-corrected chi connectivity index (χ4v) is 1.99. The lowest BCUT2D eigenvalue weighted by atomic mass is 9.87. The summed E-state index contributed by atoms with van der Waals surface area (Å²) in [7, 11) is 0. The zero-order valence-corrected chi connectivity index (χ0v) is 11.6. The molecule has 0 spiro atoms. The van der Waals surface area contributed by atoms with Gasteiger partial charge in [-0.25, -0.2) is 4.68 Å². The second-order valence-electron chi connectivity index (χ2n) is 5.77. The van der Waals surface area contributed by atoms with E-state index in [2.05, 4.69) is 5.10 Å². The largest absolute Gasteiger partial charge is 0.333 e. The van der Waals surface area contributed by atoms with E-state index in [1.54, 1.807) is 0 Å². The SMILES string of the molecule is Cc1ccc(-c2cn(C(F)F)nc2C(C)(C)C)cc1. The van der Waals surface area contributed by atoms with Crippen molar-refractivity contribution in [3.05, 3.63) is 41.7 Å². The third kappa shape index (κ3) is 2.83. The van der Waals surface area contributed by atoms with Crippen LogP contribution in [0.3, 0.4) is 0 Å². The van der Waals surface area contributed by atoms with Gasteiger partial charge in [-0.15, -0.1) is 0 Å². The van der Waals surface area contributed by atoms with E-state index in [4.69, 9.17) is 0 Å². The van der Waals surface area contributed by atoms with Crippen molar-refractivity contribution >= 4 is 0 Å². The lowest BCUT2D eigenvalue weighted by Gasteiger charge is -2.17. The van der Waals surface area contributed by atoms with Gasteiger partial charge in [0.25, 0.3) is 0 Å². The zero-order chi connectivity index (χ0) is 14.2. The number of aromatic nitrogens is 2. The highest BCUT2D eigenvalue weighted by Crippen LogP contribution is 2.33. The highest BCUT2D eigenvalue weighted by Gasteiger charge is 2.24. The molecule has 2 aromatic rings. The van der Waals surface area contributed by atoms with E-state index in [0.29, 0.717) is 5.69 Å². The summed E-state index contributed by atoms with van der Waals surface area (Å²) < 4.78 is 26.4. The Hall–Kier alpha value is -1.71. The Morgan fingerprint density at radius 3 is 2.16 bits per heavy atom. The number of alkyl halides is 2. The van der Waals surface area contributed by atoms with Crippen LogP contribution < -0.4 is 0 Å². The van der Waals surface area contributed by atoms with Crippen LogP contribution >= 0.6 is 0 Å². The summed E-state index contributed by atoms with van der Waals surface area (Å²) in [5.74, 6) is 0. The molecule has 0 aliphatic carbocycles. The summed E-state index contributed by atoms with van der Waals surface area (Å²) in [6.45, 7) is 5.31. The minimum Gasteiger partial charge on any atom is -0.211 e. The average molecular weight is 264 g/mol. The minimum atomic E-state index is -2.61.